The lowest BCUT2D eigenvalue weighted by Gasteiger charge is -2.19. The van der Waals surface area contributed by atoms with Gasteiger partial charge in [0.05, 0.1) is 10.7 Å². The maximum Gasteiger partial charge on any atom is 0.191 e. The van der Waals surface area contributed by atoms with E-state index < -0.39 is 0 Å². The summed E-state index contributed by atoms with van der Waals surface area (Å²) in [6, 6.07) is 0. The van der Waals surface area contributed by atoms with Gasteiger partial charge in [-0.3, -0.25) is 4.99 Å². The van der Waals surface area contributed by atoms with Crippen molar-refractivity contribution < 1.29 is 0 Å². The van der Waals surface area contributed by atoms with Crippen molar-refractivity contribution in [1.82, 2.24) is 25.4 Å². The molecule has 1 fully saturated rings. The quantitative estimate of drug-likeness (QED) is 0.251. The van der Waals surface area contributed by atoms with E-state index in [2.05, 4.69) is 51.7 Å². The fourth-order valence-electron chi connectivity index (χ4n) is 2.98. The molecule has 1 aromatic heterocycles. The molecule has 0 amide bonds. The average molecular weight is 494 g/mol. The molecule has 1 aromatic rings. The molecule has 0 spiro atoms. The van der Waals surface area contributed by atoms with Crippen molar-refractivity contribution in [1.29, 1.82) is 0 Å². The number of thiazole rings is 1. The van der Waals surface area contributed by atoms with Gasteiger partial charge < -0.3 is 20.4 Å². The molecule has 8 heteroatoms. The van der Waals surface area contributed by atoms with Crippen LogP contribution in [0.5, 0.6) is 0 Å². The Labute approximate surface area is 179 Å². The van der Waals surface area contributed by atoms with E-state index in [0.717, 1.165) is 55.7 Å². The predicted molar refractivity (Wildman–Crippen MR) is 123 cm³/mol. The third-order valence-electron chi connectivity index (χ3n) is 4.40. The second-order valence-electron chi connectivity index (χ2n) is 6.65. The molecule has 0 bridgehead atoms. The van der Waals surface area contributed by atoms with Gasteiger partial charge in [-0.2, -0.15) is 0 Å². The Morgan fingerprint density at radius 3 is 2.85 bits per heavy atom. The summed E-state index contributed by atoms with van der Waals surface area (Å²) in [7, 11) is 2.22. The zero-order valence-electron chi connectivity index (χ0n) is 16.5. The molecule has 1 aliphatic rings. The Kier molecular flexibility index (Phi) is 12.4. The minimum atomic E-state index is 0. The number of aliphatic imine (C=N–C) groups is 1. The molecule has 26 heavy (non-hydrogen) atoms. The summed E-state index contributed by atoms with van der Waals surface area (Å²) in [5.41, 5.74) is 1.16. The van der Waals surface area contributed by atoms with Gasteiger partial charge in [-0.05, 0) is 53.4 Å². The van der Waals surface area contributed by atoms with Crippen LogP contribution >= 0.6 is 35.3 Å². The van der Waals surface area contributed by atoms with Crippen LogP contribution in [0.4, 0.5) is 0 Å². The summed E-state index contributed by atoms with van der Waals surface area (Å²) < 4.78 is 0. The Balaban J connectivity index is 0.00000338. The van der Waals surface area contributed by atoms with Gasteiger partial charge >= 0.3 is 0 Å². The van der Waals surface area contributed by atoms with E-state index >= 15 is 0 Å². The molecule has 0 unspecified atom stereocenters. The average Bonchev–Trinajstić information content (AvgIpc) is 2.89. The van der Waals surface area contributed by atoms with Gasteiger partial charge in [0.15, 0.2) is 5.96 Å². The number of hydrogen-bond donors (Lipinski definition) is 2. The van der Waals surface area contributed by atoms with Crippen LogP contribution in [0, 0.1) is 6.92 Å². The first kappa shape index (κ1) is 23.6. The first-order valence-corrected chi connectivity index (χ1v) is 10.4. The number of guanidine groups is 1. The van der Waals surface area contributed by atoms with E-state index in [1.165, 1.54) is 32.6 Å². The molecule has 1 saturated heterocycles. The van der Waals surface area contributed by atoms with Gasteiger partial charge in [-0.15, -0.1) is 35.3 Å². The zero-order chi connectivity index (χ0) is 17.9. The number of hydrogen-bond acceptors (Lipinski definition) is 5. The molecule has 1 aliphatic heterocycles. The monoisotopic (exact) mass is 494 g/mol. The summed E-state index contributed by atoms with van der Waals surface area (Å²) in [5.74, 6) is 0.921. The molecule has 0 aliphatic carbocycles. The molecule has 0 aromatic carbocycles. The van der Waals surface area contributed by atoms with E-state index in [1.54, 1.807) is 11.3 Å². The van der Waals surface area contributed by atoms with Crippen molar-refractivity contribution in [3.63, 3.8) is 0 Å². The predicted octanol–water partition coefficient (Wildman–Crippen LogP) is 2.19. The number of rotatable bonds is 8. The number of likely N-dealkylation sites (N-methyl/N-ethyl adjacent to an activating group) is 1. The Hall–Kier alpha value is -0.450. The molecular weight excluding hydrogens is 459 g/mol. The normalized spacial score (nSPS) is 16.8. The van der Waals surface area contributed by atoms with E-state index in [1.807, 2.05) is 0 Å². The van der Waals surface area contributed by atoms with E-state index in [9.17, 15) is 0 Å². The molecule has 6 nitrogen and oxygen atoms in total. The van der Waals surface area contributed by atoms with Crippen molar-refractivity contribution in [3.8, 4) is 0 Å². The van der Waals surface area contributed by atoms with Crippen LogP contribution in [-0.4, -0.2) is 80.1 Å². The lowest BCUT2D eigenvalue weighted by molar-refractivity contribution is 0.275. The highest BCUT2D eigenvalue weighted by molar-refractivity contribution is 14.0. The molecule has 2 rings (SSSR count). The molecule has 0 atom stereocenters. The number of nitrogens with one attached hydrogen (secondary N) is 2. The molecular formula is C18H35IN6S. The molecule has 0 saturated carbocycles. The highest BCUT2D eigenvalue weighted by atomic mass is 127. The van der Waals surface area contributed by atoms with Gasteiger partial charge in [-0.25, -0.2) is 4.98 Å². The standard InChI is InChI=1S/C18H34N6S.HI/c1-4-19-18(21-9-7-17-15-25-16(2)22-17)20-8-5-11-24-12-6-10-23(3)13-14-24;/h15H,4-14H2,1-3H3,(H2,19,20,21);1H. The molecule has 2 N–H and O–H groups in total. The Morgan fingerprint density at radius 2 is 2.12 bits per heavy atom. The maximum atomic E-state index is 4.71. The van der Waals surface area contributed by atoms with E-state index in [-0.39, 0.29) is 24.0 Å². The summed E-state index contributed by atoms with van der Waals surface area (Å²) in [4.78, 5) is 14.2. The number of aryl methyl sites for hydroxylation is 1. The molecule has 150 valence electrons. The van der Waals surface area contributed by atoms with Crippen LogP contribution in [0.1, 0.15) is 30.5 Å². The van der Waals surface area contributed by atoms with E-state index in [4.69, 9.17) is 4.99 Å². The minimum Gasteiger partial charge on any atom is -0.357 e. The van der Waals surface area contributed by atoms with Crippen LogP contribution in [-0.2, 0) is 6.42 Å². The van der Waals surface area contributed by atoms with Crippen molar-refractivity contribution in [3.05, 3.63) is 16.1 Å². The fraction of sp³-hybridized carbons (Fsp3) is 0.778. The summed E-state index contributed by atoms with van der Waals surface area (Å²) in [6.07, 6.45) is 3.33. The molecule has 0 radical (unpaired) electrons. The summed E-state index contributed by atoms with van der Waals surface area (Å²) in [6.45, 7) is 12.8. The topological polar surface area (TPSA) is 55.8 Å². The highest BCUT2D eigenvalue weighted by Gasteiger charge is 2.11. The fourth-order valence-corrected chi connectivity index (χ4v) is 3.63. The smallest absolute Gasteiger partial charge is 0.191 e. The first-order valence-electron chi connectivity index (χ1n) is 9.51. The van der Waals surface area contributed by atoms with Crippen molar-refractivity contribution in [2.75, 3.05) is 59.4 Å². The second kappa shape index (κ2) is 13.7. The summed E-state index contributed by atoms with van der Waals surface area (Å²) in [5, 5.41) is 10.0. The lowest BCUT2D eigenvalue weighted by atomic mass is 10.3. The highest BCUT2D eigenvalue weighted by Crippen LogP contribution is 2.07. The zero-order valence-corrected chi connectivity index (χ0v) is 19.6. The van der Waals surface area contributed by atoms with Crippen LogP contribution in [0.2, 0.25) is 0 Å². The van der Waals surface area contributed by atoms with Gasteiger partial charge in [-0.1, -0.05) is 0 Å². The van der Waals surface area contributed by atoms with Gasteiger partial charge in [0.1, 0.15) is 0 Å². The van der Waals surface area contributed by atoms with E-state index in [0.29, 0.717) is 0 Å². The van der Waals surface area contributed by atoms with Crippen molar-refractivity contribution in [2.24, 2.45) is 4.99 Å². The minimum absolute atomic E-state index is 0. The number of aromatic nitrogens is 1. The Bertz CT molecular complexity index is 522. The largest absolute Gasteiger partial charge is 0.357 e. The van der Waals surface area contributed by atoms with Crippen LogP contribution in [0.15, 0.2) is 10.4 Å². The van der Waals surface area contributed by atoms with Crippen molar-refractivity contribution >= 4 is 41.3 Å². The maximum absolute atomic E-state index is 4.71. The molecule has 2 heterocycles. The number of halogens is 1. The van der Waals surface area contributed by atoms with Gasteiger partial charge in [0.25, 0.3) is 0 Å². The third kappa shape index (κ3) is 9.48. The van der Waals surface area contributed by atoms with Crippen LogP contribution < -0.4 is 10.6 Å². The second-order valence-corrected chi connectivity index (χ2v) is 7.71. The van der Waals surface area contributed by atoms with Gasteiger partial charge in [0, 0.05) is 44.5 Å². The Morgan fingerprint density at radius 1 is 1.27 bits per heavy atom. The van der Waals surface area contributed by atoms with Crippen molar-refractivity contribution in [2.45, 2.75) is 33.1 Å². The first-order chi connectivity index (χ1) is 12.2. The van der Waals surface area contributed by atoms with Crippen LogP contribution in [0.3, 0.4) is 0 Å². The number of nitrogens with zero attached hydrogens (tertiary/aromatic N) is 4. The lowest BCUT2D eigenvalue weighted by Crippen LogP contribution is -2.38. The summed E-state index contributed by atoms with van der Waals surface area (Å²) >= 11 is 1.71. The van der Waals surface area contributed by atoms with Crippen LogP contribution in [0.25, 0.3) is 0 Å². The van der Waals surface area contributed by atoms with Gasteiger partial charge in [0.2, 0.25) is 0 Å². The third-order valence-corrected chi connectivity index (χ3v) is 5.22. The SMILES string of the molecule is CCNC(=NCCCN1CCCN(C)CC1)NCCc1csc(C)n1.I.